The molecule has 0 aliphatic rings. The number of rotatable bonds is 3. The maximum Gasteiger partial charge on any atom is 0.0948 e. The lowest BCUT2D eigenvalue weighted by Gasteiger charge is -2.12. The van der Waals surface area contributed by atoms with E-state index in [2.05, 4.69) is 23.4 Å². The Labute approximate surface area is 73.6 Å². The van der Waals surface area contributed by atoms with Gasteiger partial charge in [-0.1, -0.05) is 13.8 Å². The third-order valence-electron chi connectivity index (χ3n) is 1.82. The topological polar surface area (TPSA) is 43.8 Å². The van der Waals surface area contributed by atoms with Gasteiger partial charge in [0.15, 0.2) is 0 Å². The lowest BCUT2D eigenvalue weighted by atomic mass is 10.1. The molecule has 1 aromatic rings. The van der Waals surface area contributed by atoms with E-state index in [1.807, 2.05) is 19.4 Å². The second-order valence-corrected chi connectivity index (χ2v) is 3.60. The molecular weight excluding hydrogens is 150 g/mol. The smallest absolute Gasteiger partial charge is 0.0948 e. The number of nitrogens with two attached hydrogens (primary N) is 1. The molecule has 1 heterocycles. The maximum absolute atomic E-state index is 5.70. The van der Waals surface area contributed by atoms with Crippen LogP contribution in [-0.4, -0.2) is 15.6 Å². The van der Waals surface area contributed by atoms with Crippen molar-refractivity contribution < 1.29 is 0 Å². The van der Waals surface area contributed by atoms with Gasteiger partial charge in [0, 0.05) is 24.5 Å². The predicted octanol–water partition coefficient (Wildman–Crippen LogP) is 1.35. The van der Waals surface area contributed by atoms with Crippen molar-refractivity contribution in [1.29, 1.82) is 0 Å². The van der Waals surface area contributed by atoms with Gasteiger partial charge in [0.25, 0.3) is 0 Å². The largest absolute Gasteiger partial charge is 0.333 e. The molecule has 0 aliphatic carbocycles. The van der Waals surface area contributed by atoms with Gasteiger partial charge in [-0.15, -0.1) is 0 Å². The van der Waals surface area contributed by atoms with Gasteiger partial charge >= 0.3 is 0 Å². The first-order valence-electron chi connectivity index (χ1n) is 4.37. The summed E-state index contributed by atoms with van der Waals surface area (Å²) in [4.78, 5) is 4.10. The van der Waals surface area contributed by atoms with Crippen molar-refractivity contribution in [3.05, 3.63) is 18.2 Å². The molecule has 3 heteroatoms. The Bertz CT molecular complexity index is 238. The van der Waals surface area contributed by atoms with Gasteiger partial charge in [0.1, 0.15) is 0 Å². The van der Waals surface area contributed by atoms with Gasteiger partial charge in [-0.25, -0.2) is 4.98 Å². The first-order chi connectivity index (χ1) is 5.61. The molecule has 0 radical (unpaired) electrons. The van der Waals surface area contributed by atoms with Crippen LogP contribution < -0.4 is 5.73 Å². The summed E-state index contributed by atoms with van der Waals surface area (Å²) in [6.07, 6.45) is 3.76. The lowest BCUT2D eigenvalue weighted by Crippen LogP contribution is -2.22. The molecule has 0 aromatic carbocycles. The molecule has 0 aliphatic heterocycles. The third-order valence-corrected chi connectivity index (χ3v) is 1.82. The molecule has 1 unspecified atom stereocenters. The predicted molar refractivity (Wildman–Crippen MR) is 50.0 cm³/mol. The fraction of sp³-hybridized carbons (Fsp3) is 0.667. The fourth-order valence-corrected chi connectivity index (χ4v) is 1.27. The molecule has 2 N–H and O–H groups in total. The summed E-state index contributed by atoms with van der Waals surface area (Å²) in [5, 5.41) is 0. The van der Waals surface area contributed by atoms with Gasteiger partial charge in [-0.3, -0.25) is 0 Å². The van der Waals surface area contributed by atoms with Crippen LogP contribution in [0.15, 0.2) is 12.5 Å². The van der Waals surface area contributed by atoms with Gasteiger partial charge in [0.2, 0.25) is 0 Å². The van der Waals surface area contributed by atoms with Crippen molar-refractivity contribution in [1.82, 2.24) is 9.55 Å². The Morgan fingerprint density at radius 2 is 2.17 bits per heavy atom. The molecule has 1 atom stereocenters. The summed E-state index contributed by atoms with van der Waals surface area (Å²) in [7, 11) is 0. The van der Waals surface area contributed by atoms with Crippen molar-refractivity contribution in [3.8, 4) is 0 Å². The van der Waals surface area contributed by atoms with Crippen molar-refractivity contribution >= 4 is 0 Å². The van der Waals surface area contributed by atoms with Crippen LogP contribution >= 0.6 is 0 Å². The van der Waals surface area contributed by atoms with Crippen LogP contribution in [0.25, 0.3) is 0 Å². The van der Waals surface area contributed by atoms with Crippen LogP contribution in [0.2, 0.25) is 0 Å². The Morgan fingerprint density at radius 3 is 2.67 bits per heavy atom. The molecule has 1 aromatic heterocycles. The van der Waals surface area contributed by atoms with E-state index in [1.54, 1.807) is 0 Å². The number of hydrogen-bond acceptors (Lipinski definition) is 2. The minimum atomic E-state index is 0.191. The first kappa shape index (κ1) is 9.26. The van der Waals surface area contributed by atoms with E-state index in [1.165, 1.54) is 5.69 Å². The lowest BCUT2D eigenvalue weighted by molar-refractivity contribution is 0.559. The molecule has 68 valence electrons. The van der Waals surface area contributed by atoms with Crippen molar-refractivity contribution in [2.24, 2.45) is 5.73 Å². The van der Waals surface area contributed by atoms with Crippen molar-refractivity contribution in [3.63, 3.8) is 0 Å². The highest BCUT2D eigenvalue weighted by Gasteiger charge is 2.06. The summed E-state index contributed by atoms with van der Waals surface area (Å²) in [6.45, 7) is 7.18. The summed E-state index contributed by atoms with van der Waals surface area (Å²) >= 11 is 0. The quantitative estimate of drug-likeness (QED) is 0.738. The molecule has 0 bridgehead atoms. The molecule has 0 fully saturated rings. The van der Waals surface area contributed by atoms with Gasteiger partial charge in [-0.2, -0.15) is 0 Å². The number of hydrogen-bond donors (Lipinski definition) is 1. The fourth-order valence-electron chi connectivity index (χ4n) is 1.27. The molecule has 3 nitrogen and oxygen atoms in total. The molecule has 0 amide bonds. The summed E-state index contributed by atoms with van der Waals surface area (Å²) < 4.78 is 2.12. The number of imidazole rings is 1. The minimum absolute atomic E-state index is 0.191. The Balaban J connectivity index is 2.77. The monoisotopic (exact) mass is 167 g/mol. The maximum atomic E-state index is 5.70. The van der Waals surface area contributed by atoms with Gasteiger partial charge in [-0.05, 0) is 12.8 Å². The Hall–Kier alpha value is -0.830. The number of aromatic nitrogens is 2. The molecule has 0 spiro atoms. The van der Waals surface area contributed by atoms with Crippen LogP contribution in [0.1, 0.15) is 32.4 Å². The van der Waals surface area contributed by atoms with Crippen LogP contribution in [0.3, 0.4) is 0 Å². The zero-order valence-electron chi connectivity index (χ0n) is 7.99. The molecule has 0 saturated heterocycles. The van der Waals surface area contributed by atoms with Crippen LogP contribution in [0.5, 0.6) is 0 Å². The highest BCUT2D eigenvalue weighted by Crippen LogP contribution is 2.13. The summed E-state index contributed by atoms with van der Waals surface area (Å²) in [5.41, 5.74) is 6.96. The van der Waals surface area contributed by atoms with E-state index in [-0.39, 0.29) is 6.04 Å². The average Bonchev–Trinajstić information content (AvgIpc) is 2.33. The van der Waals surface area contributed by atoms with E-state index in [0.29, 0.717) is 5.92 Å². The summed E-state index contributed by atoms with van der Waals surface area (Å²) in [6, 6.07) is 0.191. The van der Waals surface area contributed by atoms with Crippen molar-refractivity contribution in [2.75, 3.05) is 0 Å². The second-order valence-electron chi connectivity index (χ2n) is 3.60. The Kier molecular flexibility index (Phi) is 2.87. The van der Waals surface area contributed by atoms with Gasteiger partial charge < -0.3 is 10.3 Å². The van der Waals surface area contributed by atoms with E-state index in [4.69, 9.17) is 5.73 Å². The zero-order valence-corrected chi connectivity index (χ0v) is 7.99. The highest BCUT2D eigenvalue weighted by atomic mass is 15.1. The Morgan fingerprint density at radius 1 is 1.50 bits per heavy atom. The van der Waals surface area contributed by atoms with E-state index in [9.17, 15) is 0 Å². The number of nitrogens with zero attached hydrogens (tertiary/aromatic N) is 2. The third kappa shape index (κ3) is 2.08. The normalized spacial score (nSPS) is 13.8. The van der Waals surface area contributed by atoms with Crippen molar-refractivity contribution in [2.45, 2.75) is 39.3 Å². The second kappa shape index (κ2) is 3.72. The van der Waals surface area contributed by atoms with E-state index >= 15 is 0 Å². The average molecular weight is 167 g/mol. The SMILES string of the molecule is CC(N)Cn1cncc1C(C)C. The van der Waals surface area contributed by atoms with Crippen LogP contribution in [0.4, 0.5) is 0 Å². The molecule has 12 heavy (non-hydrogen) atoms. The standard InChI is InChI=1S/C9H17N3/c1-7(2)9-4-11-6-12(9)5-8(3)10/h4,6-8H,5,10H2,1-3H3. The molecular formula is C9H17N3. The first-order valence-corrected chi connectivity index (χ1v) is 4.37. The minimum Gasteiger partial charge on any atom is -0.333 e. The highest BCUT2D eigenvalue weighted by molar-refractivity contribution is 5.03. The van der Waals surface area contributed by atoms with E-state index in [0.717, 1.165) is 6.54 Å². The van der Waals surface area contributed by atoms with Crippen LogP contribution in [-0.2, 0) is 6.54 Å². The van der Waals surface area contributed by atoms with E-state index < -0.39 is 0 Å². The summed E-state index contributed by atoms with van der Waals surface area (Å²) in [5.74, 6) is 0.520. The molecule has 0 saturated carbocycles. The van der Waals surface area contributed by atoms with Crippen LogP contribution in [0, 0.1) is 0 Å². The van der Waals surface area contributed by atoms with Gasteiger partial charge in [0.05, 0.1) is 6.33 Å². The molecule has 1 rings (SSSR count). The zero-order chi connectivity index (χ0) is 9.14.